The fourth-order valence-corrected chi connectivity index (χ4v) is 3.54. The largest absolute Gasteiger partial charge is 0.489 e. The summed E-state index contributed by atoms with van der Waals surface area (Å²) in [6, 6.07) is 20.2. The van der Waals surface area contributed by atoms with Gasteiger partial charge < -0.3 is 4.74 Å². The Bertz CT molecular complexity index is 1090. The standard InChI is InChI=1S/C25H25ClN4O/c1-18-21(10-15-25(28-18)20-8-11-22(26)12-9-20)17-31-24-13-6-19(7-14-24)4-2-3-5-23-16-27-30-29-23/h6-16H,2-5,17H2,1H3,(H,27,29,30). The van der Waals surface area contributed by atoms with E-state index in [1.165, 1.54) is 5.56 Å². The molecule has 0 spiro atoms. The van der Waals surface area contributed by atoms with E-state index in [9.17, 15) is 0 Å². The van der Waals surface area contributed by atoms with Crippen LogP contribution in [0.4, 0.5) is 0 Å². The molecule has 0 amide bonds. The van der Waals surface area contributed by atoms with Crippen molar-refractivity contribution in [1.82, 2.24) is 20.4 Å². The second kappa shape index (κ2) is 10.2. The van der Waals surface area contributed by atoms with Gasteiger partial charge in [0.25, 0.3) is 0 Å². The first-order valence-electron chi connectivity index (χ1n) is 10.5. The van der Waals surface area contributed by atoms with E-state index in [0.29, 0.717) is 6.61 Å². The molecule has 0 radical (unpaired) electrons. The second-order valence-electron chi connectivity index (χ2n) is 7.55. The van der Waals surface area contributed by atoms with E-state index in [0.717, 1.165) is 64.7 Å². The summed E-state index contributed by atoms with van der Waals surface area (Å²) >= 11 is 5.97. The van der Waals surface area contributed by atoms with Crippen LogP contribution in [0.25, 0.3) is 11.3 Å². The minimum absolute atomic E-state index is 0.497. The Kier molecular flexibility index (Phi) is 6.95. The van der Waals surface area contributed by atoms with Crippen LogP contribution < -0.4 is 4.74 Å². The number of aromatic amines is 1. The number of hydrogen-bond acceptors (Lipinski definition) is 4. The monoisotopic (exact) mass is 432 g/mol. The number of rotatable bonds is 9. The van der Waals surface area contributed by atoms with Gasteiger partial charge in [-0.25, -0.2) is 0 Å². The molecule has 2 aromatic heterocycles. The summed E-state index contributed by atoms with van der Waals surface area (Å²) in [7, 11) is 0. The van der Waals surface area contributed by atoms with Gasteiger partial charge in [0.2, 0.25) is 0 Å². The summed E-state index contributed by atoms with van der Waals surface area (Å²) in [4.78, 5) is 4.73. The Morgan fingerprint density at radius 1 is 0.903 bits per heavy atom. The SMILES string of the molecule is Cc1nc(-c2ccc(Cl)cc2)ccc1COc1ccc(CCCCc2cn[nH]n2)cc1. The van der Waals surface area contributed by atoms with Crippen molar-refractivity contribution >= 4 is 11.6 Å². The van der Waals surface area contributed by atoms with Gasteiger partial charge in [-0.15, -0.1) is 0 Å². The van der Waals surface area contributed by atoms with Gasteiger partial charge in [0.15, 0.2) is 0 Å². The third-order valence-electron chi connectivity index (χ3n) is 5.27. The summed E-state index contributed by atoms with van der Waals surface area (Å²) in [5.74, 6) is 0.868. The molecule has 0 saturated heterocycles. The van der Waals surface area contributed by atoms with Crippen LogP contribution in [0, 0.1) is 6.92 Å². The highest BCUT2D eigenvalue weighted by molar-refractivity contribution is 6.30. The van der Waals surface area contributed by atoms with Gasteiger partial charge in [-0.05, 0) is 68.5 Å². The highest BCUT2D eigenvalue weighted by atomic mass is 35.5. The van der Waals surface area contributed by atoms with Gasteiger partial charge in [-0.3, -0.25) is 4.98 Å². The number of aromatic nitrogens is 4. The molecule has 6 heteroatoms. The Hall–Kier alpha value is -3.18. The predicted molar refractivity (Wildman–Crippen MR) is 123 cm³/mol. The molecule has 1 N–H and O–H groups in total. The minimum atomic E-state index is 0.497. The van der Waals surface area contributed by atoms with Gasteiger partial charge in [0, 0.05) is 21.8 Å². The number of unbranched alkanes of at least 4 members (excludes halogenated alkanes) is 1. The number of benzene rings is 2. The van der Waals surface area contributed by atoms with Crippen LogP contribution in [0.2, 0.25) is 5.02 Å². The fraction of sp³-hybridized carbons (Fsp3) is 0.240. The zero-order valence-corrected chi connectivity index (χ0v) is 18.3. The van der Waals surface area contributed by atoms with Crippen molar-refractivity contribution in [2.75, 3.05) is 0 Å². The first kappa shape index (κ1) is 21.1. The molecule has 0 fully saturated rings. The lowest BCUT2D eigenvalue weighted by molar-refractivity contribution is 0.305. The normalized spacial score (nSPS) is 10.9. The maximum atomic E-state index is 5.99. The van der Waals surface area contributed by atoms with Crippen LogP contribution in [-0.4, -0.2) is 20.4 Å². The van der Waals surface area contributed by atoms with E-state index >= 15 is 0 Å². The molecule has 4 aromatic rings. The minimum Gasteiger partial charge on any atom is -0.489 e. The number of halogens is 1. The van der Waals surface area contributed by atoms with Crippen molar-refractivity contribution in [3.05, 3.63) is 94.4 Å². The molecule has 158 valence electrons. The van der Waals surface area contributed by atoms with E-state index in [1.807, 2.05) is 49.4 Å². The third kappa shape index (κ3) is 5.92. The zero-order chi connectivity index (χ0) is 21.5. The van der Waals surface area contributed by atoms with Gasteiger partial charge in [-0.1, -0.05) is 41.9 Å². The van der Waals surface area contributed by atoms with Crippen molar-refractivity contribution in [3.63, 3.8) is 0 Å². The van der Waals surface area contributed by atoms with Crippen LogP contribution in [0.1, 0.15) is 35.4 Å². The van der Waals surface area contributed by atoms with Crippen LogP contribution >= 0.6 is 11.6 Å². The lowest BCUT2D eigenvalue weighted by atomic mass is 10.1. The number of aryl methyl sites for hydroxylation is 3. The Labute approximate surface area is 187 Å². The molecule has 5 nitrogen and oxygen atoms in total. The number of hydrogen-bond donors (Lipinski definition) is 1. The van der Waals surface area contributed by atoms with E-state index in [-0.39, 0.29) is 0 Å². The van der Waals surface area contributed by atoms with E-state index in [4.69, 9.17) is 21.3 Å². The molecule has 0 aliphatic heterocycles. The summed E-state index contributed by atoms with van der Waals surface area (Å²) in [5.41, 5.74) is 6.38. The second-order valence-corrected chi connectivity index (χ2v) is 7.99. The van der Waals surface area contributed by atoms with Crippen molar-refractivity contribution < 1.29 is 4.74 Å². The van der Waals surface area contributed by atoms with Gasteiger partial charge in [0.1, 0.15) is 12.4 Å². The topological polar surface area (TPSA) is 63.7 Å². The molecule has 4 rings (SSSR count). The number of ether oxygens (including phenoxy) is 1. The number of nitrogens with zero attached hydrogens (tertiary/aromatic N) is 3. The molecule has 0 saturated carbocycles. The zero-order valence-electron chi connectivity index (χ0n) is 17.5. The first-order chi connectivity index (χ1) is 15.2. The number of pyridine rings is 1. The Morgan fingerprint density at radius 2 is 1.68 bits per heavy atom. The average molecular weight is 433 g/mol. The smallest absolute Gasteiger partial charge is 0.119 e. The van der Waals surface area contributed by atoms with Gasteiger partial charge in [-0.2, -0.15) is 15.4 Å². The van der Waals surface area contributed by atoms with Gasteiger partial charge >= 0.3 is 0 Å². The molecule has 31 heavy (non-hydrogen) atoms. The lowest BCUT2D eigenvalue weighted by Crippen LogP contribution is -2.00. The molecule has 2 aromatic carbocycles. The number of nitrogens with one attached hydrogen (secondary N) is 1. The predicted octanol–water partition coefficient (Wildman–Crippen LogP) is 5.97. The van der Waals surface area contributed by atoms with Crippen molar-refractivity contribution in [2.24, 2.45) is 0 Å². The Balaban J connectivity index is 1.27. The molecular formula is C25H25ClN4O. The molecule has 0 atom stereocenters. The van der Waals surface area contributed by atoms with Crippen molar-refractivity contribution in [3.8, 4) is 17.0 Å². The highest BCUT2D eigenvalue weighted by Gasteiger charge is 2.06. The fourth-order valence-electron chi connectivity index (χ4n) is 3.42. The van der Waals surface area contributed by atoms with E-state index in [1.54, 1.807) is 6.20 Å². The summed E-state index contributed by atoms with van der Waals surface area (Å²) in [5, 5.41) is 11.3. The summed E-state index contributed by atoms with van der Waals surface area (Å²) in [6.07, 6.45) is 6.02. The summed E-state index contributed by atoms with van der Waals surface area (Å²) < 4.78 is 5.99. The molecule has 0 aliphatic carbocycles. The van der Waals surface area contributed by atoms with Crippen molar-refractivity contribution in [1.29, 1.82) is 0 Å². The molecule has 2 heterocycles. The quantitative estimate of drug-likeness (QED) is 0.331. The Morgan fingerprint density at radius 3 is 2.39 bits per heavy atom. The maximum absolute atomic E-state index is 5.99. The van der Waals surface area contributed by atoms with E-state index in [2.05, 4.69) is 33.6 Å². The number of H-pyrrole nitrogens is 1. The highest BCUT2D eigenvalue weighted by Crippen LogP contribution is 2.22. The van der Waals surface area contributed by atoms with Crippen LogP contribution in [0.3, 0.4) is 0 Å². The van der Waals surface area contributed by atoms with E-state index < -0.39 is 0 Å². The molecule has 0 bridgehead atoms. The first-order valence-corrected chi connectivity index (χ1v) is 10.8. The molecule has 0 aliphatic rings. The maximum Gasteiger partial charge on any atom is 0.119 e. The van der Waals surface area contributed by atoms with Gasteiger partial charge in [0.05, 0.1) is 17.6 Å². The van der Waals surface area contributed by atoms with Crippen LogP contribution in [0.5, 0.6) is 5.75 Å². The van der Waals surface area contributed by atoms with Crippen LogP contribution in [0.15, 0.2) is 66.9 Å². The average Bonchev–Trinajstić information content (AvgIpc) is 3.31. The molecule has 0 unspecified atom stereocenters. The van der Waals surface area contributed by atoms with Crippen molar-refractivity contribution in [2.45, 2.75) is 39.2 Å². The third-order valence-corrected chi connectivity index (χ3v) is 5.52. The summed E-state index contributed by atoms with van der Waals surface area (Å²) in [6.45, 7) is 2.51. The molecular weight excluding hydrogens is 408 g/mol. The van der Waals surface area contributed by atoms with Crippen LogP contribution in [-0.2, 0) is 19.4 Å². The lowest BCUT2D eigenvalue weighted by Gasteiger charge is -2.11.